The van der Waals surface area contributed by atoms with E-state index in [0.717, 1.165) is 22.3 Å². The number of carbonyl (C=O) groups is 3. The molecule has 0 aromatic heterocycles. The van der Waals surface area contributed by atoms with Gasteiger partial charge >= 0.3 is 12.1 Å². The first-order valence-corrected chi connectivity index (χ1v) is 11.2. The maximum atomic E-state index is 12.6. The molecule has 2 aromatic rings. The maximum Gasteiger partial charge on any atom is 0.407 e. The fourth-order valence-corrected chi connectivity index (χ4v) is 4.60. The summed E-state index contributed by atoms with van der Waals surface area (Å²) in [7, 11) is 0. The number of carbonyl (C=O) groups excluding carboxylic acids is 2. The van der Waals surface area contributed by atoms with Crippen molar-refractivity contribution in [2.45, 2.75) is 37.8 Å². The Bertz CT molecular complexity index is 994. The van der Waals surface area contributed by atoms with Crippen LogP contribution in [0, 0.1) is 5.92 Å². The monoisotopic (exact) mass is 452 g/mol. The summed E-state index contributed by atoms with van der Waals surface area (Å²) >= 11 is 0. The Labute approximate surface area is 192 Å². The SMILES string of the molecule is C[C@H](NC(=O)OCC1c2ccccc2-c2ccccc21)C(=O)NC1CCOCC1CC(=O)O. The molecule has 4 rings (SSSR count). The van der Waals surface area contributed by atoms with Crippen LogP contribution in [0.5, 0.6) is 0 Å². The highest BCUT2D eigenvalue weighted by Crippen LogP contribution is 2.44. The molecule has 0 spiro atoms. The van der Waals surface area contributed by atoms with Crippen molar-refractivity contribution in [3.05, 3.63) is 59.7 Å². The molecule has 2 aromatic carbocycles. The van der Waals surface area contributed by atoms with Crippen molar-refractivity contribution in [1.82, 2.24) is 10.6 Å². The van der Waals surface area contributed by atoms with E-state index in [-0.39, 0.29) is 43.4 Å². The average Bonchev–Trinajstić information content (AvgIpc) is 3.12. The van der Waals surface area contributed by atoms with Crippen molar-refractivity contribution < 1.29 is 29.0 Å². The summed E-state index contributed by atoms with van der Waals surface area (Å²) in [6, 6.07) is 15.0. The zero-order chi connectivity index (χ0) is 23.4. The molecule has 1 fully saturated rings. The smallest absolute Gasteiger partial charge is 0.407 e. The summed E-state index contributed by atoms with van der Waals surface area (Å²) in [4.78, 5) is 36.1. The van der Waals surface area contributed by atoms with E-state index in [0.29, 0.717) is 13.0 Å². The van der Waals surface area contributed by atoms with Gasteiger partial charge in [0.05, 0.1) is 13.0 Å². The first-order chi connectivity index (χ1) is 15.9. The third-order valence-electron chi connectivity index (χ3n) is 6.31. The van der Waals surface area contributed by atoms with Gasteiger partial charge in [0.2, 0.25) is 5.91 Å². The summed E-state index contributed by atoms with van der Waals surface area (Å²) in [5.74, 6) is -1.69. The maximum absolute atomic E-state index is 12.6. The van der Waals surface area contributed by atoms with Crippen LogP contribution >= 0.6 is 0 Å². The van der Waals surface area contributed by atoms with Crippen LogP contribution in [0.3, 0.4) is 0 Å². The number of amides is 2. The summed E-state index contributed by atoms with van der Waals surface area (Å²) < 4.78 is 10.8. The van der Waals surface area contributed by atoms with E-state index in [1.165, 1.54) is 0 Å². The van der Waals surface area contributed by atoms with Crippen molar-refractivity contribution in [3.63, 3.8) is 0 Å². The number of nitrogens with one attached hydrogen (secondary N) is 2. The van der Waals surface area contributed by atoms with Crippen LogP contribution in [0.4, 0.5) is 4.79 Å². The molecule has 2 aliphatic rings. The second-order valence-corrected chi connectivity index (χ2v) is 8.53. The zero-order valence-corrected chi connectivity index (χ0v) is 18.5. The first-order valence-electron chi connectivity index (χ1n) is 11.2. The van der Waals surface area contributed by atoms with E-state index in [1.54, 1.807) is 6.92 Å². The minimum absolute atomic E-state index is 0.0636. The lowest BCUT2D eigenvalue weighted by Crippen LogP contribution is -2.52. The molecule has 2 amide bonds. The van der Waals surface area contributed by atoms with Gasteiger partial charge in [0, 0.05) is 24.5 Å². The molecule has 0 radical (unpaired) electrons. The van der Waals surface area contributed by atoms with Gasteiger partial charge in [-0.25, -0.2) is 4.79 Å². The molecule has 174 valence electrons. The summed E-state index contributed by atoms with van der Waals surface area (Å²) in [5, 5.41) is 14.5. The number of alkyl carbamates (subject to hydrolysis) is 1. The number of carboxylic acids is 1. The summed E-state index contributed by atoms with van der Waals surface area (Å²) in [6.07, 6.45) is -0.228. The van der Waals surface area contributed by atoms with E-state index < -0.39 is 18.1 Å². The lowest BCUT2D eigenvalue weighted by atomic mass is 9.92. The molecule has 0 saturated carbocycles. The van der Waals surface area contributed by atoms with Crippen LogP contribution < -0.4 is 10.6 Å². The van der Waals surface area contributed by atoms with Gasteiger partial charge in [-0.15, -0.1) is 0 Å². The third-order valence-corrected chi connectivity index (χ3v) is 6.31. The fourth-order valence-electron chi connectivity index (χ4n) is 4.60. The van der Waals surface area contributed by atoms with Gasteiger partial charge < -0.3 is 25.2 Å². The van der Waals surface area contributed by atoms with Crippen molar-refractivity contribution in [2.75, 3.05) is 19.8 Å². The molecule has 0 bridgehead atoms. The Morgan fingerprint density at radius 3 is 2.36 bits per heavy atom. The van der Waals surface area contributed by atoms with Crippen LogP contribution in [-0.2, 0) is 19.1 Å². The highest BCUT2D eigenvalue weighted by atomic mass is 16.5. The van der Waals surface area contributed by atoms with Gasteiger partial charge in [-0.05, 0) is 35.6 Å². The van der Waals surface area contributed by atoms with Crippen LogP contribution in [0.25, 0.3) is 11.1 Å². The molecule has 1 aliphatic heterocycles. The Balaban J connectivity index is 1.32. The lowest BCUT2D eigenvalue weighted by molar-refractivity contribution is -0.140. The van der Waals surface area contributed by atoms with Crippen LogP contribution in [0.15, 0.2) is 48.5 Å². The van der Waals surface area contributed by atoms with E-state index in [9.17, 15) is 14.4 Å². The van der Waals surface area contributed by atoms with Gasteiger partial charge in [0.25, 0.3) is 0 Å². The highest BCUT2D eigenvalue weighted by molar-refractivity contribution is 5.85. The highest BCUT2D eigenvalue weighted by Gasteiger charge is 2.31. The number of ether oxygens (including phenoxy) is 2. The van der Waals surface area contributed by atoms with Crippen LogP contribution in [0.2, 0.25) is 0 Å². The number of hydrogen-bond acceptors (Lipinski definition) is 5. The van der Waals surface area contributed by atoms with Gasteiger partial charge in [-0.1, -0.05) is 48.5 Å². The Kier molecular flexibility index (Phi) is 6.93. The summed E-state index contributed by atoms with van der Waals surface area (Å²) in [6.45, 7) is 2.47. The van der Waals surface area contributed by atoms with Gasteiger partial charge in [0.1, 0.15) is 12.6 Å². The second kappa shape index (κ2) is 10.0. The number of fused-ring (bicyclic) bond motifs is 3. The molecule has 2 unspecified atom stereocenters. The Morgan fingerprint density at radius 2 is 1.73 bits per heavy atom. The number of hydrogen-bond donors (Lipinski definition) is 3. The molecule has 8 nitrogen and oxygen atoms in total. The Morgan fingerprint density at radius 1 is 1.09 bits per heavy atom. The number of carboxylic acid groups (broad SMARTS) is 1. The molecule has 8 heteroatoms. The van der Waals surface area contributed by atoms with E-state index in [2.05, 4.69) is 22.8 Å². The van der Waals surface area contributed by atoms with Crippen molar-refractivity contribution in [2.24, 2.45) is 5.92 Å². The van der Waals surface area contributed by atoms with E-state index in [4.69, 9.17) is 14.6 Å². The largest absolute Gasteiger partial charge is 0.481 e. The number of rotatable bonds is 7. The second-order valence-electron chi connectivity index (χ2n) is 8.53. The minimum atomic E-state index is -0.936. The molecular formula is C25H28N2O6. The fraction of sp³-hybridized carbons (Fsp3) is 0.400. The predicted molar refractivity (Wildman–Crippen MR) is 121 cm³/mol. The number of benzene rings is 2. The topological polar surface area (TPSA) is 114 Å². The molecule has 3 N–H and O–H groups in total. The van der Waals surface area contributed by atoms with Crippen LogP contribution in [-0.4, -0.2) is 55.0 Å². The first kappa shape index (κ1) is 22.8. The van der Waals surface area contributed by atoms with Crippen molar-refractivity contribution in [1.29, 1.82) is 0 Å². The van der Waals surface area contributed by atoms with E-state index >= 15 is 0 Å². The predicted octanol–water partition coefficient (Wildman–Crippen LogP) is 2.91. The zero-order valence-electron chi connectivity index (χ0n) is 18.5. The standard InChI is InChI=1S/C25H28N2O6/c1-15(24(30)27-22-10-11-32-13-16(22)12-23(28)29)26-25(31)33-14-21-19-8-4-2-6-17(19)18-7-3-5-9-20(18)21/h2-9,15-16,21-22H,10-14H2,1H3,(H,26,31)(H,27,30)(H,28,29)/t15-,16?,22?/m0/s1. The Hall–Kier alpha value is -3.39. The van der Waals surface area contributed by atoms with Crippen molar-refractivity contribution >= 4 is 18.0 Å². The average molecular weight is 453 g/mol. The quantitative estimate of drug-likeness (QED) is 0.595. The molecule has 1 heterocycles. The van der Waals surface area contributed by atoms with E-state index in [1.807, 2.05) is 36.4 Å². The van der Waals surface area contributed by atoms with Gasteiger partial charge in [0.15, 0.2) is 0 Å². The van der Waals surface area contributed by atoms with Gasteiger partial charge in [-0.2, -0.15) is 0 Å². The molecule has 33 heavy (non-hydrogen) atoms. The molecule has 1 saturated heterocycles. The summed E-state index contributed by atoms with van der Waals surface area (Å²) in [5.41, 5.74) is 4.51. The van der Waals surface area contributed by atoms with Crippen molar-refractivity contribution in [3.8, 4) is 11.1 Å². The third kappa shape index (κ3) is 5.17. The van der Waals surface area contributed by atoms with Crippen LogP contribution in [0.1, 0.15) is 36.8 Å². The molecule has 3 atom stereocenters. The van der Waals surface area contributed by atoms with Gasteiger partial charge in [-0.3, -0.25) is 9.59 Å². The molecule has 1 aliphatic carbocycles. The lowest BCUT2D eigenvalue weighted by Gasteiger charge is -2.32. The minimum Gasteiger partial charge on any atom is -0.481 e. The normalized spacial score (nSPS) is 20.3. The number of aliphatic carboxylic acids is 1. The molecular weight excluding hydrogens is 424 g/mol.